The average molecular weight is 275 g/mol. The van der Waals surface area contributed by atoms with Crippen LogP contribution in [-0.2, 0) is 0 Å². The van der Waals surface area contributed by atoms with Crippen LogP contribution in [0.1, 0.15) is 26.7 Å². The molecule has 2 aromatic rings. The first kappa shape index (κ1) is 14.3. The maximum Gasteiger partial charge on any atom is 0.117 e. The molecule has 102 valence electrons. The number of benzene rings is 1. The first-order valence-electron chi connectivity index (χ1n) is 6.83. The van der Waals surface area contributed by atoms with Crippen molar-refractivity contribution in [2.75, 3.05) is 12.3 Å². The zero-order valence-corrected chi connectivity index (χ0v) is 12.4. The van der Waals surface area contributed by atoms with Crippen molar-refractivity contribution in [1.82, 2.24) is 15.3 Å². The van der Waals surface area contributed by atoms with E-state index in [9.17, 15) is 0 Å². The summed E-state index contributed by atoms with van der Waals surface area (Å²) in [5, 5.41) is 5.70. The van der Waals surface area contributed by atoms with Crippen molar-refractivity contribution < 1.29 is 0 Å². The number of aromatic nitrogens is 2. The van der Waals surface area contributed by atoms with Crippen molar-refractivity contribution in [3.63, 3.8) is 0 Å². The predicted molar refractivity (Wildman–Crippen MR) is 82.6 cm³/mol. The largest absolute Gasteiger partial charge is 0.315 e. The van der Waals surface area contributed by atoms with Crippen LogP contribution in [0.4, 0.5) is 0 Å². The molecule has 4 heteroatoms. The normalized spacial score (nSPS) is 11.3. The number of rotatable bonds is 7. The van der Waals surface area contributed by atoms with Gasteiger partial charge in [-0.05, 0) is 31.2 Å². The van der Waals surface area contributed by atoms with Gasteiger partial charge in [0.2, 0.25) is 0 Å². The third-order valence-corrected chi connectivity index (χ3v) is 3.96. The van der Waals surface area contributed by atoms with Crippen molar-refractivity contribution >= 4 is 22.7 Å². The highest BCUT2D eigenvalue weighted by Gasteiger charge is 2.03. The van der Waals surface area contributed by atoms with E-state index in [1.54, 1.807) is 6.33 Å². The highest BCUT2D eigenvalue weighted by molar-refractivity contribution is 7.99. The van der Waals surface area contributed by atoms with Gasteiger partial charge in [0.15, 0.2) is 0 Å². The van der Waals surface area contributed by atoms with Gasteiger partial charge in [-0.3, -0.25) is 0 Å². The molecule has 0 saturated carbocycles. The number of thioether (sulfide) groups is 1. The SMILES string of the molecule is CC(C)NCCCCSc1ncnc2ccccc12. The molecular formula is C15H21N3S. The third kappa shape index (κ3) is 4.48. The van der Waals surface area contributed by atoms with Crippen LogP contribution in [0.5, 0.6) is 0 Å². The van der Waals surface area contributed by atoms with E-state index in [4.69, 9.17) is 0 Å². The predicted octanol–water partition coefficient (Wildman–Crippen LogP) is 3.50. The molecule has 0 aliphatic carbocycles. The van der Waals surface area contributed by atoms with Crippen LogP contribution in [0.25, 0.3) is 10.9 Å². The Kier molecular flexibility index (Phi) is 5.61. The number of nitrogens with zero attached hydrogens (tertiary/aromatic N) is 2. The Morgan fingerprint density at radius 1 is 1.16 bits per heavy atom. The second-order valence-corrected chi connectivity index (χ2v) is 5.94. The van der Waals surface area contributed by atoms with Crippen molar-refractivity contribution in [3.05, 3.63) is 30.6 Å². The minimum atomic E-state index is 0.582. The van der Waals surface area contributed by atoms with Gasteiger partial charge in [0.1, 0.15) is 11.4 Å². The zero-order valence-electron chi connectivity index (χ0n) is 11.6. The van der Waals surface area contributed by atoms with Gasteiger partial charge in [0.25, 0.3) is 0 Å². The van der Waals surface area contributed by atoms with E-state index in [0.29, 0.717) is 6.04 Å². The van der Waals surface area contributed by atoms with Gasteiger partial charge >= 0.3 is 0 Å². The van der Waals surface area contributed by atoms with Crippen molar-refractivity contribution in [1.29, 1.82) is 0 Å². The third-order valence-electron chi connectivity index (χ3n) is 2.87. The second-order valence-electron chi connectivity index (χ2n) is 4.86. The monoisotopic (exact) mass is 275 g/mol. The summed E-state index contributed by atoms with van der Waals surface area (Å²) in [7, 11) is 0. The molecule has 3 nitrogen and oxygen atoms in total. The first-order chi connectivity index (χ1) is 9.27. The number of nitrogens with one attached hydrogen (secondary N) is 1. The second kappa shape index (κ2) is 7.46. The quantitative estimate of drug-likeness (QED) is 0.477. The number of hydrogen-bond donors (Lipinski definition) is 1. The molecule has 2 rings (SSSR count). The molecule has 19 heavy (non-hydrogen) atoms. The van der Waals surface area contributed by atoms with Gasteiger partial charge in [0.05, 0.1) is 5.52 Å². The van der Waals surface area contributed by atoms with E-state index in [2.05, 4.69) is 35.2 Å². The number of unbranched alkanes of at least 4 members (excludes halogenated alkanes) is 1. The molecule has 0 fully saturated rings. The first-order valence-corrected chi connectivity index (χ1v) is 7.82. The van der Waals surface area contributed by atoms with Crippen LogP contribution in [0, 0.1) is 0 Å². The molecule has 0 bridgehead atoms. The van der Waals surface area contributed by atoms with E-state index >= 15 is 0 Å². The number of fused-ring (bicyclic) bond motifs is 1. The number of para-hydroxylation sites is 1. The fourth-order valence-corrected chi connectivity index (χ4v) is 2.87. The molecule has 1 heterocycles. The number of hydrogen-bond acceptors (Lipinski definition) is 4. The summed E-state index contributed by atoms with van der Waals surface area (Å²) in [5.41, 5.74) is 1.03. The van der Waals surface area contributed by atoms with Crippen LogP contribution < -0.4 is 5.32 Å². The van der Waals surface area contributed by atoms with Gasteiger partial charge in [-0.25, -0.2) is 9.97 Å². The van der Waals surface area contributed by atoms with Crippen LogP contribution in [0.3, 0.4) is 0 Å². The Morgan fingerprint density at radius 2 is 2.00 bits per heavy atom. The van der Waals surface area contributed by atoms with Gasteiger partial charge in [-0.2, -0.15) is 0 Å². The molecular weight excluding hydrogens is 254 g/mol. The highest BCUT2D eigenvalue weighted by atomic mass is 32.2. The minimum absolute atomic E-state index is 0.582. The van der Waals surface area contributed by atoms with E-state index in [1.807, 2.05) is 30.0 Å². The average Bonchev–Trinajstić information content (AvgIpc) is 2.42. The minimum Gasteiger partial charge on any atom is -0.315 e. The summed E-state index contributed by atoms with van der Waals surface area (Å²) in [6.07, 6.45) is 4.09. The highest BCUT2D eigenvalue weighted by Crippen LogP contribution is 2.24. The standard InChI is InChI=1S/C15H21N3S/c1-12(2)16-9-5-6-10-19-15-13-7-3-4-8-14(13)17-11-18-15/h3-4,7-8,11-12,16H,5-6,9-10H2,1-2H3. The van der Waals surface area contributed by atoms with E-state index in [0.717, 1.165) is 28.2 Å². The van der Waals surface area contributed by atoms with Gasteiger partial charge in [-0.15, -0.1) is 11.8 Å². The summed E-state index contributed by atoms with van der Waals surface area (Å²) >= 11 is 1.83. The van der Waals surface area contributed by atoms with Crippen LogP contribution in [-0.4, -0.2) is 28.3 Å². The fraction of sp³-hybridized carbons (Fsp3) is 0.467. The zero-order chi connectivity index (χ0) is 13.5. The molecule has 1 aromatic heterocycles. The molecule has 1 N–H and O–H groups in total. The Balaban J connectivity index is 1.82. The van der Waals surface area contributed by atoms with Crippen LogP contribution >= 0.6 is 11.8 Å². The fourth-order valence-electron chi connectivity index (χ4n) is 1.88. The van der Waals surface area contributed by atoms with Crippen molar-refractivity contribution in [2.45, 2.75) is 37.8 Å². The Hall–Kier alpha value is -1.13. The van der Waals surface area contributed by atoms with Crippen LogP contribution in [0.2, 0.25) is 0 Å². The van der Waals surface area contributed by atoms with Gasteiger partial charge in [-0.1, -0.05) is 32.0 Å². The molecule has 0 aliphatic heterocycles. The molecule has 1 aromatic carbocycles. The van der Waals surface area contributed by atoms with Crippen molar-refractivity contribution in [2.24, 2.45) is 0 Å². The Bertz CT molecular complexity index is 508. The summed E-state index contributed by atoms with van der Waals surface area (Å²) < 4.78 is 0. The molecule has 0 spiro atoms. The molecule has 0 radical (unpaired) electrons. The lowest BCUT2D eigenvalue weighted by atomic mass is 10.2. The lowest BCUT2D eigenvalue weighted by Crippen LogP contribution is -2.23. The maximum absolute atomic E-state index is 4.39. The Labute approximate surface area is 119 Å². The summed E-state index contributed by atoms with van der Waals surface area (Å²) in [6, 6.07) is 8.77. The molecule has 0 unspecified atom stereocenters. The molecule has 0 saturated heterocycles. The van der Waals surface area contributed by atoms with Gasteiger partial charge < -0.3 is 5.32 Å². The van der Waals surface area contributed by atoms with Crippen molar-refractivity contribution in [3.8, 4) is 0 Å². The van der Waals surface area contributed by atoms with E-state index in [1.165, 1.54) is 12.8 Å². The summed E-state index contributed by atoms with van der Waals surface area (Å²) in [4.78, 5) is 8.67. The van der Waals surface area contributed by atoms with E-state index in [-0.39, 0.29) is 0 Å². The lowest BCUT2D eigenvalue weighted by molar-refractivity contribution is 0.567. The van der Waals surface area contributed by atoms with Crippen LogP contribution in [0.15, 0.2) is 35.6 Å². The smallest absolute Gasteiger partial charge is 0.117 e. The molecule has 0 atom stereocenters. The summed E-state index contributed by atoms with van der Waals surface area (Å²) in [6.45, 7) is 5.46. The van der Waals surface area contributed by atoms with Gasteiger partial charge in [0, 0.05) is 11.4 Å². The van der Waals surface area contributed by atoms with E-state index < -0.39 is 0 Å². The molecule has 0 amide bonds. The topological polar surface area (TPSA) is 37.8 Å². The lowest BCUT2D eigenvalue weighted by Gasteiger charge is -2.07. The summed E-state index contributed by atoms with van der Waals surface area (Å²) in [5.74, 6) is 1.11. The Morgan fingerprint density at radius 3 is 2.84 bits per heavy atom. The molecule has 0 aliphatic rings. The maximum atomic E-state index is 4.39.